The summed E-state index contributed by atoms with van der Waals surface area (Å²) in [5, 5.41) is 21.7. The highest BCUT2D eigenvalue weighted by Gasteiger charge is 2.33. The van der Waals surface area contributed by atoms with Gasteiger partial charge >= 0.3 is 0 Å². The first-order valence-electron chi connectivity index (χ1n) is 21.7. The minimum atomic E-state index is 0.126. The van der Waals surface area contributed by atoms with Crippen LogP contribution in [0.25, 0.3) is 32.4 Å². The Morgan fingerprint density at radius 2 is 1.35 bits per heavy atom. The van der Waals surface area contributed by atoms with Gasteiger partial charge in [0.05, 0.1) is 35.2 Å². The third-order valence-corrected chi connectivity index (χ3v) is 14.9. The van der Waals surface area contributed by atoms with Crippen molar-refractivity contribution in [2.45, 2.75) is 89.0 Å². The Morgan fingerprint density at radius 3 is 1.94 bits per heavy atom. The Hall–Kier alpha value is -5.16. The van der Waals surface area contributed by atoms with Crippen LogP contribution >= 0.6 is 49.9 Å². The largest absolute Gasteiger partial charge is 0.374 e. The molecule has 324 valence electrons. The molecular weight excluding hydrogens is 913 g/mol. The lowest BCUT2D eigenvalue weighted by Crippen LogP contribution is -2.25. The van der Waals surface area contributed by atoms with Crippen LogP contribution in [-0.4, -0.2) is 67.9 Å². The van der Waals surface area contributed by atoms with E-state index in [4.69, 9.17) is 15.8 Å². The fourth-order valence-electron chi connectivity index (χ4n) is 7.46. The Balaban J connectivity index is 0.000000119. The normalized spacial score (nSPS) is 16.9. The van der Waals surface area contributed by atoms with Gasteiger partial charge in [-0.05, 0) is 50.9 Å². The second kappa shape index (κ2) is 19.7. The molecule has 4 aliphatic rings. The van der Waals surface area contributed by atoms with E-state index in [9.17, 15) is 9.59 Å². The molecule has 4 fully saturated rings. The summed E-state index contributed by atoms with van der Waals surface area (Å²) in [4.78, 5) is 37.0. The fraction of sp³-hybridized carbons (Fsp3) is 0.362. The molecule has 3 aliphatic carbocycles. The predicted molar refractivity (Wildman–Crippen MR) is 256 cm³/mol. The summed E-state index contributed by atoms with van der Waals surface area (Å²) in [6.45, 7) is 3.64. The molecule has 1 saturated heterocycles. The molecule has 12 nitrogen and oxygen atoms in total. The lowest BCUT2D eigenvalue weighted by molar-refractivity contribution is -0.128. The van der Waals surface area contributed by atoms with Crippen molar-refractivity contribution in [2.75, 3.05) is 17.6 Å². The molecule has 3 saturated carbocycles. The third kappa shape index (κ3) is 10.8. The van der Waals surface area contributed by atoms with Crippen molar-refractivity contribution in [3.05, 3.63) is 123 Å². The molecular formula is C47H49BrN10O2S3. The number of likely N-dealkylation sites (tertiary alicyclic amines) is 1. The molecule has 8 aromatic rings. The number of alkyl halides is 1. The molecule has 16 heteroatoms. The van der Waals surface area contributed by atoms with Gasteiger partial charge in [0.2, 0.25) is 21.0 Å². The van der Waals surface area contributed by atoms with Crippen molar-refractivity contribution < 1.29 is 9.59 Å². The van der Waals surface area contributed by atoms with E-state index in [-0.39, 0.29) is 11.7 Å². The van der Waals surface area contributed by atoms with Gasteiger partial charge in [-0.15, -0.1) is 10.2 Å². The average Bonchev–Trinajstić information content (AvgIpc) is 4.28. The van der Waals surface area contributed by atoms with Crippen LogP contribution in [0.4, 0.5) is 5.13 Å². The number of amides is 1. The maximum Gasteiger partial charge on any atom is 0.223 e. The number of nitrogens with two attached hydrogens (primary N) is 1. The maximum absolute atomic E-state index is 12.6. The highest BCUT2D eigenvalue weighted by atomic mass is 79.9. The average molecular weight is 962 g/mol. The van der Waals surface area contributed by atoms with E-state index < -0.39 is 0 Å². The topological polar surface area (TPSA) is 150 Å². The predicted octanol–water partition coefficient (Wildman–Crippen LogP) is 11.1. The quantitative estimate of drug-likeness (QED) is 0.0987. The Kier molecular flexibility index (Phi) is 13.5. The number of Topliss-reactive ketones (excluding diaryl/α,β-unsaturated/α-hetero) is 1. The molecule has 6 heterocycles. The Labute approximate surface area is 386 Å². The highest BCUT2D eigenvalue weighted by Crippen LogP contribution is 2.44. The molecule has 12 rings (SSSR count). The first-order chi connectivity index (χ1) is 30.8. The van der Waals surface area contributed by atoms with E-state index in [2.05, 4.69) is 67.4 Å². The molecule has 5 aromatic heterocycles. The van der Waals surface area contributed by atoms with E-state index in [0.29, 0.717) is 47.1 Å². The number of carbonyl (C=O) groups is 2. The van der Waals surface area contributed by atoms with Gasteiger partial charge < -0.3 is 10.6 Å². The number of fused-ring (bicyclic) bond motifs is 2. The van der Waals surface area contributed by atoms with Gasteiger partial charge in [0, 0.05) is 47.4 Å². The van der Waals surface area contributed by atoms with Gasteiger partial charge in [-0.1, -0.05) is 154 Å². The summed E-state index contributed by atoms with van der Waals surface area (Å²) < 4.78 is 3.92. The van der Waals surface area contributed by atoms with Gasteiger partial charge in [-0.2, -0.15) is 10.2 Å². The Bertz CT molecular complexity index is 2740. The molecule has 1 amide bonds. The van der Waals surface area contributed by atoms with Crippen LogP contribution < -0.4 is 5.73 Å². The number of carbonyl (C=O) groups excluding carboxylic acids is 2. The number of hydrogen-bond acceptors (Lipinski definition) is 12. The van der Waals surface area contributed by atoms with Gasteiger partial charge in [-0.25, -0.2) is 19.0 Å². The lowest BCUT2D eigenvalue weighted by atomic mass is 10.0. The number of imidazole rings is 2. The molecule has 0 spiro atoms. The summed E-state index contributed by atoms with van der Waals surface area (Å²) in [6.07, 6.45) is 12.6. The van der Waals surface area contributed by atoms with Crippen LogP contribution in [-0.2, 0) is 11.3 Å². The molecule has 63 heavy (non-hydrogen) atoms. The zero-order chi connectivity index (χ0) is 43.3. The van der Waals surface area contributed by atoms with Gasteiger partial charge in [0.15, 0.2) is 5.78 Å². The van der Waals surface area contributed by atoms with E-state index in [0.717, 1.165) is 68.1 Å². The first-order valence-corrected chi connectivity index (χ1v) is 25.3. The summed E-state index contributed by atoms with van der Waals surface area (Å²) in [6, 6.07) is 29.7. The van der Waals surface area contributed by atoms with E-state index >= 15 is 0 Å². The van der Waals surface area contributed by atoms with Crippen LogP contribution in [0.15, 0.2) is 97.2 Å². The third-order valence-electron chi connectivity index (χ3n) is 11.3. The van der Waals surface area contributed by atoms with Crippen LogP contribution in [0.5, 0.6) is 0 Å². The number of ketones is 1. The van der Waals surface area contributed by atoms with Crippen molar-refractivity contribution in [1.29, 1.82) is 0 Å². The number of halogens is 1. The standard InChI is InChI=1S/C21H24N4OS.C13H11N3S.C8H7BrO.C5H7N3S/c1-2-6-14-11-18(26)24(12-14)13-17-19(15-7-4-3-5-8-15)22-21-25(17)23-20(27-21)16-9-10-16;1-2-4-9(5-3-1)11-8-16-13(14-11)17-12(15-16)10-6-7-10;9-6-8(10)7-4-2-1-3-5-7;6-5-8-7-4(9-5)3-1-2-3/h3-5,7-8,14,16H,2,6,9-13H2,1H3;1-5,8,10H,6-7H2;1-5H,6H2;3H,1-2H2,(H2,6,8). The number of nitrogen functional groups attached to an aromatic ring is 1. The Morgan fingerprint density at radius 1 is 0.746 bits per heavy atom. The number of hydrogen-bond donors (Lipinski definition) is 1. The smallest absolute Gasteiger partial charge is 0.223 e. The minimum absolute atomic E-state index is 0.126. The zero-order valence-electron chi connectivity index (χ0n) is 35.1. The fourth-order valence-corrected chi connectivity index (χ4v) is 10.7. The van der Waals surface area contributed by atoms with Crippen molar-refractivity contribution in [3.63, 3.8) is 0 Å². The minimum Gasteiger partial charge on any atom is -0.374 e. The van der Waals surface area contributed by atoms with E-state index in [1.54, 1.807) is 22.7 Å². The molecule has 3 aromatic carbocycles. The SMILES string of the molecule is CCCC1CC(=O)N(Cc2c(-c3ccccc3)nc3sc(C4CC4)nn23)C1.Nc1nnc(C2CC2)s1.O=C(CBr)c1ccccc1.c1ccc(-c2cn3nc(C4CC4)sc3n2)cc1. The molecule has 1 atom stereocenters. The first kappa shape index (κ1) is 43.1. The van der Waals surface area contributed by atoms with Crippen LogP contribution in [0.3, 0.4) is 0 Å². The summed E-state index contributed by atoms with van der Waals surface area (Å²) in [7, 11) is 0. The molecule has 1 aliphatic heterocycles. The van der Waals surface area contributed by atoms with E-state index in [1.165, 1.54) is 59.9 Å². The van der Waals surface area contributed by atoms with Gasteiger partial charge in [0.25, 0.3) is 0 Å². The van der Waals surface area contributed by atoms with Crippen LogP contribution in [0.2, 0.25) is 0 Å². The summed E-state index contributed by atoms with van der Waals surface area (Å²) >= 11 is 8.04. The number of aromatic nitrogens is 8. The van der Waals surface area contributed by atoms with Crippen molar-refractivity contribution in [3.8, 4) is 22.5 Å². The number of benzene rings is 3. The van der Waals surface area contributed by atoms with Crippen molar-refractivity contribution >= 4 is 76.7 Å². The summed E-state index contributed by atoms with van der Waals surface area (Å²) in [5.74, 6) is 2.90. The molecule has 2 N–H and O–H groups in total. The monoisotopic (exact) mass is 960 g/mol. The molecule has 0 bridgehead atoms. The number of nitrogens with zero attached hydrogens (tertiary/aromatic N) is 9. The lowest BCUT2D eigenvalue weighted by Gasteiger charge is -2.17. The highest BCUT2D eigenvalue weighted by molar-refractivity contribution is 9.09. The van der Waals surface area contributed by atoms with Crippen molar-refractivity contribution in [1.82, 2.24) is 44.3 Å². The molecule has 0 radical (unpaired) electrons. The zero-order valence-corrected chi connectivity index (χ0v) is 39.1. The van der Waals surface area contributed by atoms with Gasteiger partial charge in [-0.3, -0.25) is 9.59 Å². The number of rotatable bonds is 11. The maximum atomic E-state index is 12.6. The van der Waals surface area contributed by atoms with Crippen molar-refractivity contribution in [2.24, 2.45) is 5.92 Å². The summed E-state index contributed by atoms with van der Waals surface area (Å²) in [5.41, 5.74) is 11.4. The number of anilines is 1. The second-order valence-electron chi connectivity index (χ2n) is 16.4. The second-order valence-corrected chi connectivity index (χ2v) is 20.0. The van der Waals surface area contributed by atoms with Crippen LogP contribution in [0, 0.1) is 5.92 Å². The van der Waals surface area contributed by atoms with E-state index in [1.807, 2.05) is 86.9 Å². The van der Waals surface area contributed by atoms with Gasteiger partial charge in [0.1, 0.15) is 15.0 Å². The molecule has 1 unspecified atom stereocenters. The van der Waals surface area contributed by atoms with Crippen LogP contribution in [0.1, 0.15) is 114 Å².